The van der Waals surface area contributed by atoms with Gasteiger partial charge in [-0.1, -0.05) is 13.8 Å². The zero-order chi connectivity index (χ0) is 10.6. The highest BCUT2D eigenvalue weighted by atomic mass is 19.2. The lowest BCUT2D eigenvalue weighted by atomic mass is 10.1. The number of rotatable bonds is 3. The quantitative estimate of drug-likeness (QED) is 0.534. The van der Waals surface area contributed by atoms with Crippen LogP contribution in [0, 0.1) is 5.92 Å². The van der Waals surface area contributed by atoms with Gasteiger partial charge in [-0.2, -0.15) is 0 Å². The van der Waals surface area contributed by atoms with E-state index < -0.39 is 6.17 Å². The predicted molar refractivity (Wildman–Crippen MR) is 49.7 cm³/mol. The van der Waals surface area contributed by atoms with Crippen molar-refractivity contribution < 1.29 is 9.28 Å². The maximum Gasteiger partial charge on any atom is 0.318 e. The van der Waals surface area contributed by atoms with Crippen LogP contribution in [0.15, 0.2) is 0 Å². The largest absolute Gasteiger partial charge is 0.341 e. The molecule has 0 bridgehead atoms. The number of carbonyl (C=O) groups excluding carboxylic acids is 1. The molecule has 4 nitrogen and oxygen atoms in total. The third-order valence-corrected chi connectivity index (χ3v) is 1.89. The van der Waals surface area contributed by atoms with Crippen molar-refractivity contribution in [2.45, 2.75) is 20.0 Å². The van der Waals surface area contributed by atoms with E-state index in [4.69, 9.17) is 0 Å². The van der Waals surface area contributed by atoms with Gasteiger partial charge in [-0.3, -0.25) is 0 Å². The lowest BCUT2D eigenvalue weighted by molar-refractivity contribution is -0.0666. The van der Waals surface area contributed by atoms with Gasteiger partial charge in [0.25, 0.3) is 0 Å². The van der Waals surface area contributed by atoms with Gasteiger partial charge < -0.3 is 10.2 Å². The molecule has 78 valence electrons. The van der Waals surface area contributed by atoms with Crippen LogP contribution in [-0.2, 0) is 0 Å². The van der Waals surface area contributed by atoms with E-state index in [0.717, 1.165) is 0 Å². The molecule has 1 atom stereocenters. The fraction of sp³-hybridized carbons (Fsp3) is 0.875. The molecular weight excluding hydrogens is 173 g/mol. The van der Waals surface area contributed by atoms with Crippen LogP contribution in [0.4, 0.5) is 9.28 Å². The summed E-state index contributed by atoms with van der Waals surface area (Å²) < 4.78 is 13.0. The average molecular weight is 191 g/mol. The summed E-state index contributed by atoms with van der Waals surface area (Å²) in [5.41, 5.74) is 0. The van der Waals surface area contributed by atoms with Gasteiger partial charge >= 0.3 is 6.03 Å². The molecule has 0 heterocycles. The molecule has 0 radical (unpaired) electrons. The number of urea groups is 1. The summed E-state index contributed by atoms with van der Waals surface area (Å²) in [5.74, 6) is 0.0392. The first-order valence-electron chi connectivity index (χ1n) is 4.25. The highest BCUT2D eigenvalue weighted by molar-refractivity contribution is 5.73. The number of hydrogen-bond donors (Lipinski definition) is 1. The molecule has 0 aromatic carbocycles. The lowest BCUT2D eigenvalue weighted by Gasteiger charge is -2.32. The molecule has 0 aliphatic carbocycles. The second-order valence-corrected chi connectivity index (χ2v) is 3.35. The maximum absolute atomic E-state index is 13.0. The molecular formula is C8H18FN3O. The van der Waals surface area contributed by atoms with Crippen LogP contribution in [0.3, 0.4) is 0 Å². The molecule has 0 spiro atoms. The Bertz CT molecular complexity index is 165. The number of nitrogens with zero attached hydrogens (tertiary/aromatic N) is 2. The van der Waals surface area contributed by atoms with Crippen molar-refractivity contribution in [2.75, 3.05) is 21.1 Å². The Morgan fingerprint density at radius 3 is 2.08 bits per heavy atom. The average Bonchev–Trinajstić information content (AvgIpc) is 2.01. The monoisotopic (exact) mass is 191 g/mol. The normalized spacial score (nSPS) is 13.2. The van der Waals surface area contributed by atoms with Gasteiger partial charge in [0, 0.05) is 21.1 Å². The molecule has 1 unspecified atom stereocenters. The Hall–Kier alpha value is -0.840. The van der Waals surface area contributed by atoms with E-state index in [2.05, 4.69) is 5.32 Å². The van der Waals surface area contributed by atoms with Crippen LogP contribution in [0.1, 0.15) is 13.8 Å². The van der Waals surface area contributed by atoms with Crippen molar-refractivity contribution >= 4 is 6.03 Å². The number of carbonyl (C=O) groups is 1. The number of halogens is 1. The highest BCUT2D eigenvalue weighted by Gasteiger charge is 2.26. The van der Waals surface area contributed by atoms with Crippen molar-refractivity contribution in [2.24, 2.45) is 5.92 Å². The number of nitrogens with one attached hydrogen (secondary N) is 1. The van der Waals surface area contributed by atoms with Crippen LogP contribution < -0.4 is 5.32 Å². The van der Waals surface area contributed by atoms with E-state index in [1.54, 1.807) is 7.05 Å². The van der Waals surface area contributed by atoms with Crippen LogP contribution >= 0.6 is 0 Å². The molecule has 0 fully saturated rings. The summed E-state index contributed by atoms with van der Waals surface area (Å²) in [6, 6.07) is -0.289. The molecule has 0 aliphatic heterocycles. The first kappa shape index (κ1) is 12.2. The number of hydrogen-bond acceptors (Lipinski definition) is 2. The first-order chi connectivity index (χ1) is 5.91. The molecule has 0 rings (SSSR count). The molecule has 5 heteroatoms. The summed E-state index contributed by atoms with van der Waals surface area (Å²) in [5, 5.41) is 2.99. The minimum atomic E-state index is -0.528. The van der Waals surface area contributed by atoms with Crippen molar-refractivity contribution in [3.8, 4) is 0 Å². The predicted octanol–water partition coefficient (Wildman–Crippen LogP) is 1.06. The van der Waals surface area contributed by atoms with Crippen LogP contribution in [0.25, 0.3) is 0 Å². The van der Waals surface area contributed by atoms with E-state index in [-0.39, 0.29) is 11.9 Å². The van der Waals surface area contributed by atoms with E-state index in [1.807, 2.05) is 13.8 Å². The van der Waals surface area contributed by atoms with Crippen LogP contribution in [-0.4, -0.2) is 43.4 Å². The molecule has 0 aromatic rings. The van der Waals surface area contributed by atoms with E-state index in [0.29, 0.717) is 5.12 Å². The van der Waals surface area contributed by atoms with Gasteiger partial charge in [0.05, 0.1) is 0 Å². The topological polar surface area (TPSA) is 35.6 Å². The first-order valence-corrected chi connectivity index (χ1v) is 4.25. The van der Waals surface area contributed by atoms with Crippen molar-refractivity contribution in [1.29, 1.82) is 0 Å². The smallest absolute Gasteiger partial charge is 0.318 e. The fourth-order valence-electron chi connectivity index (χ4n) is 1.39. The van der Waals surface area contributed by atoms with Gasteiger partial charge in [0.1, 0.15) is 6.17 Å². The summed E-state index contributed by atoms with van der Waals surface area (Å²) in [6.45, 7) is 3.72. The molecule has 0 saturated carbocycles. The van der Waals surface area contributed by atoms with Gasteiger partial charge in [-0.15, -0.1) is 9.60 Å². The molecule has 2 amide bonds. The third kappa shape index (κ3) is 3.18. The van der Waals surface area contributed by atoms with Crippen molar-refractivity contribution in [3.05, 3.63) is 0 Å². The van der Waals surface area contributed by atoms with Crippen molar-refractivity contribution in [3.63, 3.8) is 0 Å². The number of amides is 2. The Kier molecular flexibility index (Phi) is 4.69. The fourth-order valence-corrected chi connectivity index (χ4v) is 1.39. The Labute approximate surface area is 78.6 Å². The Morgan fingerprint density at radius 2 is 1.85 bits per heavy atom. The molecule has 0 aliphatic rings. The zero-order valence-electron chi connectivity index (χ0n) is 8.84. The standard InChI is InChI=1S/C8H18FN3O/c1-6(2)7(12(5)9)11(4)8(13)10-3/h6-7H,1-5H3,(H,10,13). The zero-order valence-corrected chi connectivity index (χ0v) is 8.84. The Balaban J connectivity index is 4.46. The van der Waals surface area contributed by atoms with Gasteiger partial charge in [-0.05, 0) is 5.92 Å². The molecule has 0 saturated heterocycles. The highest BCUT2D eigenvalue weighted by Crippen LogP contribution is 2.12. The minimum Gasteiger partial charge on any atom is -0.341 e. The summed E-state index contributed by atoms with van der Waals surface area (Å²) in [4.78, 5) is 12.5. The van der Waals surface area contributed by atoms with E-state index in [1.165, 1.54) is 19.0 Å². The van der Waals surface area contributed by atoms with Crippen molar-refractivity contribution in [1.82, 2.24) is 15.3 Å². The second-order valence-electron chi connectivity index (χ2n) is 3.35. The van der Waals surface area contributed by atoms with E-state index in [9.17, 15) is 9.28 Å². The van der Waals surface area contributed by atoms with Crippen LogP contribution in [0.5, 0.6) is 0 Å². The summed E-state index contributed by atoms with van der Waals surface area (Å²) in [6.07, 6.45) is -0.528. The van der Waals surface area contributed by atoms with Crippen LogP contribution in [0.2, 0.25) is 0 Å². The molecule has 13 heavy (non-hydrogen) atoms. The lowest BCUT2D eigenvalue weighted by Crippen LogP contribution is -2.50. The third-order valence-electron chi connectivity index (χ3n) is 1.89. The van der Waals surface area contributed by atoms with E-state index >= 15 is 0 Å². The Morgan fingerprint density at radius 1 is 1.38 bits per heavy atom. The van der Waals surface area contributed by atoms with Gasteiger partial charge in [0.15, 0.2) is 0 Å². The van der Waals surface area contributed by atoms with Gasteiger partial charge in [0.2, 0.25) is 0 Å². The minimum absolute atomic E-state index is 0.0392. The molecule has 1 N–H and O–H groups in total. The second kappa shape index (κ2) is 5.01. The SMILES string of the molecule is CNC(=O)N(C)C(C(C)C)N(C)F. The molecule has 0 aromatic heterocycles. The summed E-state index contributed by atoms with van der Waals surface area (Å²) >= 11 is 0. The van der Waals surface area contributed by atoms with Gasteiger partial charge in [-0.25, -0.2) is 4.79 Å². The maximum atomic E-state index is 13.0. The summed E-state index contributed by atoms with van der Waals surface area (Å²) in [7, 11) is 4.40.